The molecule has 0 spiro atoms. The number of hydrogen-bond acceptors (Lipinski definition) is 5. The van der Waals surface area contributed by atoms with Crippen LogP contribution in [-0.2, 0) is 14.8 Å². The SMILES string of the molecule is COc1ccc(S(=O)(=O)N2CCC(C(=O)NCCOc3cccc4ccccc34)CC2)cc1. The van der Waals surface area contributed by atoms with Gasteiger partial charge in [0.1, 0.15) is 18.1 Å². The van der Waals surface area contributed by atoms with Crippen LogP contribution in [0.3, 0.4) is 0 Å². The summed E-state index contributed by atoms with van der Waals surface area (Å²) in [6.07, 6.45) is 0.983. The van der Waals surface area contributed by atoms with E-state index in [1.54, 1.807) is 24.3 Å². The minimum atomic E-state index is -3.58. The number of nitrogens with zero attached hydrogens (tertiary/aromatic N) is 1. The quantitative estimate of drug-likeness (QED) is 0.512. The van der Waals surface area contributed by atoms with E-state index >= 15 is 0 Å². The van der Waals surface area contributed by atoms with Crippen molar-refractivity contribution in [1.82, 2.24) is 9.62 Å². The normalized spacial score (nSPS) is 15.3. The monoisotopic (exact) mass is 468 g/mol. The minimum Gasteiger partial charge on any atom is -0.497 e. The highest BCUT2D eigenvalue weighted by Gasteiger charge is 2.32. The molecule has 8 heteroatoms. The van der Waals surface area contributed by atoms with E-state index in [2.05, 4.69) is 5.32 Å². The molecule has 1 aliphatic heterocycles. The lowest BCUT2D eigenvalue weighted by molar-refractivity contribution is -0.126. The second-order valence-electron chi connectivity index (χ2n) is 7.97. The molecular weight excluding hydrogens is 440 g/mol. The predicted molar refractivity (Wildman–Crippen MR) is 127 cm³/mol. The van der Waals surface area contributed by atoms with Crippen molar-refractivity contribution in [3.05, 3.63) is 66.7 Å². The molecule has 0 aliphatic carbocycles. The molecule has 1 N–H and O–H groups in total. The zero-order valence-corrected chi connectivity index (χ0v) is 19.4. The molecule has 1 amide bonds. The van der Waals surface area contributed by atoms with Crippen molar-refractivity contribution in [1.29, 1.82) is 0 Å². The summed E-state index contributed by atoms with van der Waals surface area (Å²) in [6.45, 7) is 1.40. The molecule has 3 aromatic carbocycles. The number of rotatable bonds is 8. The fourth-order valence-electron chi connectivity index (χ4n) is 4.06. The van der Waals surface area contributed by atoms with Gasteiger partial charge >= 0.3 is 0 Å². The zero-order chi connectivity index (χ0) is 23.3. The molecule has 0 saturated carbocycles. The van der Waals surface area contributed by atoms with Crippen molar-refractivity contribution >= 4 is 26.7 Å². The highest BCUT2D eigenvalue weighted by atomic mass is 32.2. The van der Waals surface area contributed by atoms with Gasteiger partial charge in [-0.2, -0.15) is 4.31 Å². The third kappa shape index (κ3) is 5.29. The standard InChI is InChI=1S/C25H28N2O5S/c1-31-21-9-11-22(12-10-21)33(29,30)27-16-13-20(14-17-27)25(28)26-15-18-32-24-8-4-6-19-5-2-3-7-23(19)24/h2-12,20H,13-18H2,1H3,(H,26,28). The van der Waals surface area contributed by atoms with Crippen molar-refractivity contribution in [2.24, 2.45) is 5.92 Å². The van der Waals surface area contributed by atoms with Crippen LogP contribution in [0.15, 0.2) is 71.6 Å². The van der Waals surface area contributed by atoms with Gasteiger partial charge in [0.15, 0.2) is 0 Å². The number of hydrogen-bond donors (Lipinski definition) is 1. The van der Waals surface area contributed by atoms with Crippen LogP contribution in [-0.4, -0.2) is 52.0 Å². The Hall–Kier alpha value is -3.10. The fourth-order valence-corrected chi connectivity index (χ4v) is 5.53. The summed E-state index contributed by atoms with van der Waals surface area (Å²) in [7, 11) is -2.04. The van der Waals surface area contributed by atoms with Gasteiger partial charge in [-0.1, -0.05) is 36.4 Å². The number of carbonyl (C=O) groups is 1. The molecule has 7 nitrogen and oxygen atoms in total. The molecule has 0 bridgehead atoms. The van der Waals surface area contributed by atoms with E-state index in [1.807, 2.05) is 42.5 Å². The van der Waals surface area contributed by atoms with Crippen LogP contribution in [0.25, 0.3) is 10.8 Å². The first kappa shape index (κ1) is 23.1. The Morgan fingerprint density at radius 1 is 1.00 bits per heavy atom. The maximum absolute atomic E-state index is 12.9. The van der Waals surface area contributed by atoms with Crippen LogP contribution in [0.4, 0.5) is 0 Å². The summed E-state index contributed by atoms with van der Waals surface area (Å²) >= 11 is 0. The number of ether oxygens (including phenoxy) is 2. The molecule has 4 rings (SSSR count). The van der Waals surface area contributed by atoms with Crippen molar-refractivity contribution < 1.29 is 22.7 Å². The molecule has 0 radical (unpaired) electrons. The molecular formula is C25H28N2O5S. The van der Waals surface area contributed by atoms with Gasteiger partial charge in [0.05, 0.1) is 18.6 Å². The van der Waals surface area contributed by atoms with Crippen molar-refractivity contribution in [2.45, 2.75) is 17.7 Å². The molecule has 3 aromatic rings. The van der Waals surface area contributed by atoms with Gasteiger partial charge in [0, 0.05) is 24.4 Å². The third-order valence-electron chi connectivity index (χ3n) is 5.93. The number of piperidine rings is 1. The molecule has 33 heavy (non-hydrogen) atoms. The van der Waals surface area contributed by atoms with Gasteiger partial charge in [-0.05, 0) is 48.6 Å². The second kappa shape index (κ2) is 10.2. The molecule has 1 fully saturated rings. The van der Waals surface area contributed by atoms with Crippen LogP contribution in [0.5, 0.6) is 11.5 Å². The van der Waals surface area contributed by atoms with Crippen molar-refractivity contribution in [2.75, 3.05) is 33.4 Å². The van der Waals surface area contributed by atoms with Gasteiger partial charge < -0.3 is 14.8 Å². The number of amides is 1. The summed E-state index contributed by atoms with van der Waals surface area (Å²) in [5.74, 6) is 1.14. The number of methoxy groups -OCH3 is 1. The highest BCUT2D eigenvalue weighted by molar-refractivity contribution is 7.89. The Kier molecular flexibility index (Phi) is 7.15. The first-order chi connectivity index (χ1) is 16.0. The van der Waals surface area contributed by atoms with Crippen LogP contribution in [0.2, 0.25) is 0 Å². The summed E-state index contributed by atoms with van der Waals surface area (Å²) in [5, 5.41) is 5.07. The molecule has 1 saturated heterocycles. The van der Waals surface area contributed by atoms with Gasteiger partial charge in [-0.25, -0.2) is 8.42 Å². The van der Waals surface area contributed by atoms with Crippen LogP contribution < -0.4 is 14.8 Å². The fraction of sp³-hybridized carbons (Fsp3) is 0.320. The molecule has 1 aliphatic rings. The highest BCUT2D eigenvalue weighted by Crippen LogP contribution is 2.26. The van der Waals surface area contributed by atoms with Crippen molar-refractivity contribution in [3.63, 3.8) is 0 Å². The van der Waals surface area contributed by atoms with Gasteiger partial charge in [-0.3, -0.25) is 4.79 Å². The van der Waals surface area contributed by atoms with E-state index in [-0.39, 0.29) is 16.7 Å². The number of benzene rings is 3. The molecule has 0 atom stereocenters. The first-order valence-electron chi connectivity index (χ1n) is 11.0. The lowest BCUT2D eigenvalue weighted by Crippen LogP contribution is -2.43. The van der Waals surface area contributed by atoms with Gasteiger partial charge in [0.25, 0.3) is 0 Å². The van der Waals surface area contributed by atoms with E-state index in [4.69, 9.17) is 9.47 Å². The number of carbonyl (C=O) groups excluding carboxylic acids is 1. The topological polar surface area (TPSA) is 84.9 Å². The zero-order valence-electron chi connectivity index (χ0n) is 18.6. The van der Waals surface area contributed by atoms with Crippen LogP contribution >= 0.6 is 0 Å². The molecule has 0 unspecified atom stereocenters. The maximum Gasteiger partial charge on any atom is 0.243 e. The average Bonchev–Trinajstić information content (AvgIpc) is 2.86. The van der Waals surface area contributed by atoms with Gasteiger partial charge in [0.2, 0.25) is 15.9 Å². The summed E-state index contributed by atoms with van der Waals surface area (Å²) in [6, 6.07) is 20.3. The van der Waals surface area contributed by atoms with E-state index in [0.29, 0.717) is 44.8 Å². The van der Waals surface area contributed by atoms with Gasteiger partial charge in [-0.15, -0.1) is 0 Å². The lowest BCUT2D eigenvalue weighted by atomic mass is 9.97. The van der Waals surface area contributed by atoms with Crippen LogP contribution in [0, 0.1) is 5.92 Å². The van der Waals surface area contributed by atoms with E-state index in [9.17, 15) is 13.2 Å². The summed E-state index contributed by atoms with van der Waals surface area (Å²) in [4.78, 5) is 12.8. The first-order valence-corrected chi connectivity index (χ1v) is 12.5. The van der Waals surface area contributed by atoms with Crippen molar-refractivity contribution in [3.8, 4) is 11.5 Å². The van der Waals surface area contributed by atoms with Crippen LogP contribution in [0.1, 0.15) is 12.8 Å². The summed E-state index contributed by atoms with van der Waals surface area (Å²) < 4.78 is 38.2. The van der Waals surface area contributed by atoms with E-state index in [1.165, 1.54) is 11.4 Å². The lowest BCUT2D eigenvalue weighted by Gasteiger charge is -2.30. The average molecular weight is 469 g/mol. The Morgan fingerprint density at radius 2 is 1.70 bits per heavy atom. The Labute approximate surface area is 194 Å². The Morgan fingerprint density at radius 3 is 2.42 bits per heavy atom. The maximum atomic E-state index is 12.9. The minimum absolute atomic E-state index is 0.0574. The smallest absolute Gasteiger partial charge is 0.243 e. The largest absolute Gasteiger partial charge is 0.497 e. The Bertz CT molecular complexity index is 1200. The molecule has 174 valence electrons. The second-order valence-corrected chi connectivity index (χ2v) is 9.91. The number of sulfonamides is 1. The summed E-state index contributed by atoms with van der Waals surface area (Å²) in [5.41, 5.74) is 0. The predicted octanol–water partition coefficient (Wildman–Crippen LogP) is 3.44. The molecule has 0 aromatic heterocycles. The number of fused-ring (bicyclic) bond motifs is 1. The molecule has 1 heterocycles. The Balaban J connectivity index is 1.24. The van der Waals surface area contributed by atoms with E-state index in [0.717, 1.165) is 16.5 Å². The third-order valence-corrected chi connectivity index (χ3v) is 7.84. The number of nitrogens with one attached hydrogen (secondary N) is 1. The van der Waals surface area contributed by atoms with E-state index < -0.39 is 10.0 Å².